The van der Waals surface area contributed by atoms with Crippen LogP contribution in [-0.2, 0) is 13.2 Å². The molecule has 2 rings (SSSR count). The van der Waals surface area contributed by atoms with Gasteiger partial charge in [0.25, 0.3) is 0 Å². The predicted octanol–water partition coefficient (Wildman–Crippen LogP) is 4.21. The zero-order chi connectivity index (χ0) is 16.7. The first-order valence-corrected chi connectivity index (χ1v) is 8.18. The van der Waals surface area contributed by atoms with E-state index in [1.165, 1.54) is 5.56 Å². The van der Waals surface area contributed by atoms with Crippen molar-refractivity contribution in [3.63, 3.8) is 0 Å². The minimum absolute atomic E-state index is 0.424. The number of halogens is 1. The van der Waals surface area contributed by atoms with E-state index in [9.17, 15) is 0 Å². The maximum absolute atomic E-state index is 5.87. The Hall–Kier alpha value is -1.78. The topological polar surface area (TPSA) is 43.4 Å². The molecule has 0 saturated carbocycles. The molecule has 0 aliphatic heterocycles. The van der Waals surface area contributed by atoms with E-state index in [1.807, 2.05) is 31.2 Å². The second-order valence-electron chi connectivity index (χ2n) is 5.53. The molecule has 0 spiro atoms. The van der Waals surface area contributed by atoms with Crippen molar-refractivity contribution in [3.05, 3.63) is 52.8 Å². The lowest BCUT2D eigenvalue weighted by Crippen LogP contribution is -2.21. The summed E-state index contributed by atoms with van der Waals surface area (Å²) in [5.74, 6) is 1.49. The number of aromatic nitrogens is 1. The van der Waals surface area contributed by atoms with Crippen LogP contribution in [0.15, 0.2) is 36.5 Å². The molecule has 2 aromatic rings. The van der Waals surface area contributed by atoms with Gasteiger partial charge in [0.05, 0.1) is 6.61 Å². The molecule has 1 N–H and O–H groups in total. The third kappa shape index (κ3) is 5.73. The largest absolute Gasteiger partial charge is 0.490 e. The Labute approximate surface area is 142 Å². The van der Waals surface area contributed by atoms with Gasteiger partial charge < -0.3 is 14.8 Å². The molecule has 4 nitrogen and oxygen atoms in total. The number of hydrogen-bond acceptors (Lipinski definition) is 4. The maximum Gasteiger partial charge on any atom is 0.161 e. The second kappa shape index (κ2) is 8.75. The van der Waals surface area contributed by atoms with Gasteiger partial charge in [0.1, 0.15) is 11.8 Å². The zero-order valence-electron chi connectivity index (χ0n) is 13.8. The van der Waals surface area contributed by atoms with Crippen LogP contribution < -0.4 is 14.8 Å². The Bertz CT molecular complexity index is 615. The first kappa shape index (κ1) is 17.6. The molecule has 0 aliphatic carbocycles. The van der Waals surface area contributed by atoms with Crippen LogP contribution in [0.4, 0.5) is 0 Å². The van der Waals surface area contributed by atoms with Crippen LogP contribution in [0, 0.1) is 0 Å². The van der Waals surface area contributed by atoms with Gasteiger partial charge in [-0.1, -0.05) is 37.6 Å². The standard InChI is InChI=1S/C18H23ClN2O2/c1-4-22-17-9-14(10-20-13(2)3)5-7-16(17)23-12-15-6-8-18(19)21-11-15/h5-9,11,13,20H,4,10,12H2,1-3H3. The van der Waals surface area contributed by atoms with Crippen molar-refractivity contribution in [1.29, 1.82) is 0 Å². The molecule has 0 amide bonds. The SMILES string of the molecule is CCOc1cc(CNC(C)C)ccc1OCc1ccc(Cl)nc1. The minimum atomic E-state index is 0.424. The summed E-state index contributed by atoms with van der Waals surface area (Å²) < 4.78 is 11.6. The van der Waals surface area contributed by atoms with Gasteiger partial charge in [0.2, 0.25) is 0 Å². The van der Waals surface area contributed by atoms with Gasteiger partial charge in [-0.3, -0.25) is 0 Å². The molecule has 1 aromatic carbocycles. The van der Waals surface area contributed by atoms with Gasteiger partial charge in [-0.25, -0.2) is 4.98 Å². The van der Waals surface area contributed by atoms with E-state index >= 15 is 0 Å². The summed E-state index contributed by atoms with van der Waals surface area (Å²) >= 11 is 5.79. The van der Waals surface area contributed by atoms with Crippen LogP contribution in [0.3, 0.4) is 0 Å². The molecule has 0 bridgehead atoms. The van der Waals surface area contributed by atoms with Crippen LogP contribution in [0.2, 0.25) is 5.15 Å². The molecular formula is C18H23ClN2O2. The third-order valence-corrected chi connectivity index (χ3v) is 3.43. The normalized spacial score (nSPS) is 10.8. The number of hydrogen-bond donors (Lipinski definition) is 1. The van der Waals surface area contributed by atoms with E-state index in [0.29, 0.717) is 24.4 Å². The molecule has 124 valence electrons. The number of rotatable bonds is 8. The molecule has 0 atom stereocenters. The smallest absolute Gasteiger partial charge is 0.161 e. The van der Waals surface area contributed by atoms with Gasteiger partial charge in [0, 0.05) is 24.3 Å². The summed E-state index contributed by atoms with van der Waals surface area (Å²) in [5, 5.41) is 3.87. The van der Waals surface area contributed by atoms with Crippen LogP contribution in [0.25, 0.3) is 0 Å². The lowest BCUT2D eigenvalue weighted by molar-refractivity contribution is 0.268. The summed E-state index contributed by atoms with van der Waals surface area (Å²) in [4.78, 5) is 4.05. The maximum atomic E-state index is 5.87. The predicted molar refractivity (Wildman–Crippen MR) is 93.2 cm³/mol. The van der Waals surface area contributed by atoms with Gasteiger partial charge >= 0.3 is 0 Å². The fourth-order valence-corrected chi connectivity index (χ4v) is 2.14. The highest BCUT2D eigenvalue weighted by Gasteiger charge is 2.08. The average molecular weight is 335 g/mol. The fraction of sp³-hybridized carbons (Fsp3) is 0.389. The number of ether oxygens (including phenoxy) is 2. The molecule has 0 saturated heterocycles. The van der Waals surface area contributed by atoms with E-state index in [1.54, 1.807) is 12.3 Å². The quantitative estimate of drug-likeness (QED) is 0.734. The van der Waals surface area contributed by atoms with Crippen LogP contribution in [0.5, 0.6) is 11.5 Å². The van der Waals surface area contributed by atoms with E-state index < -0.39 is 0 Å². The molecular weight excluding hydrogens is 312 g/mol. The second-order valence-corrected chi connectivity index (χ2v) is 5.91. The summed E-state index contributed by atoms with van der Waals surface area (Å²) in [7, 11) is 0. The van der Waals surface area contributed by atoms with Gasteiger partial charge in [-0.2, -0.15) is 0 Å². The van der Waals surface area contributed by atoms with Crippen LogP contribution in [0.1, 0.15) is 31.9 Å². The highest BCUT2D eigenvalue weighted by atomic mass is 35.5. The summed E-state index contributed by atoms with van der Waals surface area (Å²) in [6, 6.07) is 10.1. The zero-order valence-corrected chi connectivity index (χ0v) is 14.6. The third-order valence-electron chi connectivity index (χ3n) is 3.21. The van der Waals surface area contributed by atoms with Gasteiger partial charge in [0.15, 0.2) is 11.5 Å². The first-order chi connectivity index (χ1) is 11.1. The lowest BCUT2D eigenvalue weighted by Gasteiger charge is -2.14. The highest BCUT2D eigenvalue weighted by Crippen LogP contribution is 2.29. The van der Waals surface area contributed by atoms with E-state index in [2.05, 4.69) is 24.1 Å². The molecule has 0 radical (unpaired) electrons. The average Bonchev–Trinajstić information content (AvgIpc) is 2.54. The van der Waals surface area contributed by atoms with Crippen LogP contribution >= 0.6 is 11.6 Å². The number of nitrogens with one attached hydrogen (secondary N) is 1. The molecule has 1 heterocycles. The molecule has 0 aliphatic rings. The minimum Gasteiger partial charge on any atom is -0.490 e. The van der Waals surface area contributed by atoms with Crippen molar-refractivity contribution in [3.8, 4) is 11.5 Å². The molecule has 0 unspecified atom stereocenters. The van der Waals surface area contributed by atoms with Crippen molar-refractivity contribution in [1.82, 2.24) is 10.3 Å². The van der Waals surface area contributed by atoms with E-state index in [-0.39, 0.29) is 0 Å². The number of benzene rings is 1. The summed E-state index contributed by atoms with van der Waals surface area (Å²) in [6.45, 7) is 8.04. The Kier molecular flexibility index (Phi) is 6.68. The van der Waals surface area contributed by atoms with E-state index in [0.717, 1.165) is 23.6 Å². The Morgan fingerprint density at radius 3 is 2.52 bits per heavy atom. The fourth-order valence-electron chi connectivity index (χ4n) is 2.02. The van der Waals surface area contributed by atoms with Crippen molar-refractivity contribution >= 4 is 11.6 Å². The molecule has 5 heteroatoms. The Balaban J connectivity index is 2.05. The highest BCUT2D eigenvalue weighted by molar-refractivity contribution is 6.29. The Morgan fingerprint density at radius 1 is 1.09 bits per heavy atom. The monoisotopic (exact) mass is 334 g/mol. The van der Waals surface area contributed by atoms with Gasteiger partial charge in [-0.15, -0.1) is 0 Å². The molecule has 1 aromatic heterocycles. The van der Waals surface area contributed by atoms with Crippen molar-refractivity contribution in [2.24, 2.45) is 0 Å². The van der Waals surface area contributed by atoms with Crippen molar-refractivity contribution < 1.29 is 9.47 Å². The van der Waals surface area contributed by atoms with Crippen molar-refractivity contribution in [2.45, 2.75) is 40.0 Å². The van der Waals surface area contributed by atoms with Gasteiger partial charge in [-0.05, 0) is 30.7 Å². The van der Waals surface area contributed by atoms with Crippen LogP contribution in [-0.4, -0.2) is 17.6 Å². The number of pyridine rings is 1. The summed E-state index contributed by atoms with van der Waals surface area (Å²) in [6.07, 6.45) is 1.71. The number of nitrogens with zero attached hydrogens (tertiary/aromatic N) is 1. The van der Waals surface area contributed by atoms with E-state index in [4.69, 9.17) is 21.1 Å². The molecule has 23 heavy (non-hydrogen) atoms. The Morgan fingerprint density at radius 2 is 1.87 bits per heavy atom. The van der Waals surface area contributed by atoms with Crippen molar-refractivity contribution in [2.75, 3.05) is 6.61 Å². The first-order valence-electron chi connectivity index (χ1n) is 7.80. The lowest BCUT2D eigenvalue weighted by atomic mass is 10.2. The molecule has 0 fully saturated rings. The summed E-state index contributed by atoms with van der Waals surface area (Å²) in [5.41, 5.74) is 2.13.